The van der Waals surface area contributed by atoms with Gasteiger partial charge in [-0.3, -0.25) is 0 Å². The number of rotatable bonds is 3. The van der Waals surface area contributed by atoms with Crippen molar-refractivity contribution in [3.8, 4) is 0 Å². The molecule has 3 nitrogen and oxygen atoms in total. The van der Waals surface area contributed by atoms with Crippen LogP contribution in [-0.4, -0.2) is 48.3 Å². The van der Waals surface area contributed by atoms with Crippen molar-refractivity contribution in [3.05, 3.63) is 0 Å². The summed E-state index contributed by atoms with van der Waals surface area (Å²) in [4.78, 5) is 2.85. The van der Waals surface area contributed by atoms with Crippen molar-refractivity contribution in [3.63, 3.8) is 0 Å². The van der Waals surface area contributed by atoms with E-state index in [4.69, 9.17) is 0 Å². The van der Waals surface area contributed by atoms with E-state index in [9.17, 15) is 8.42 Å². The fourth-order valence-electron chi connectivity index (χ4n) is 1.96. The minimum absolute atomic E-state index is 0.274. The Bertz CT molecular complexity index is 348. The van der Waals surface area contributed by atoms with Gasteiger partial charge >= 0.3 is 0 Å². The molecule has 0 N–H and O–H groups in total. The van der Waals surface area contributed by atoms with E-state index in [1.54, 1.807) is 20.8 Å². The molecule has 5 heteroatoms. The zero-order chi connectivity index (χ0) is 13.3. The van der Waals surface area contributed by atoms with E-state index in [1.165, 1.54) is 0 Å². The van der Waals surface area contributed by atoms with E-state index in [-0.39, 0.29) is 5.75 Å². The molecule has 2 unspecified atom stereocenters. The number of halogens is 1. The van der Waals surface area contributed by atoms with Gasteiger partial charge in [-0.1, -0.05) is 22.9 Å². The van der Waals surface area contributed by atoms with E-state index < -0.39 is 14.6 Å². The van der Waals surface area contributed by atoms with Gasteiger partial charge in [0.2, 0.25) is 0 Å². The molecule has 0 spiro atoms. The molecule has 102 valence electrons. The lowest BCUT2D eigenvalue weighted by Gasteiger charge is -2.34. The van der Waals surface area contributed by atoms with Crippen molar-refractivity contribution in [2.45, 2.75) is 43.7 Å². The Morgan fingerprint density at radius 3 is 2.41 bits per heavy atom. The quantitative estimate of drug-likeness (QED) is 0.747. The van der Waals surface area contributed by atoms with Crippen molar-refractivity contribution in [1.82, 2.24) is 4.90 Å². The van der Waals surface area contributed by atoms with Gasteiger partial charge in [-0.25, -0.2) is 8.42 Å². The maximum absolute atomic E-state index is 12.0. The maximum Gasteiger partial charge on any atom is 0.156 e. The summed E-state index contributed by atoms with van der Waals surface area (Å²) in [6, 6.07) is 0. The Hall–Kier alpha value is 0.390. The molecule has 17 heavy (non-hydrogen) atoms. The van der Waals surface area contributed by atoms with Crippen molar-refractivity contribution in [1.29, 1.82) is 0 Å². The minimum atomic E-state index is -2.98. The second-order valence-corrected chi connectivity index (χ2v) is 10.1. The highest BCUT2D eigenvalue weighted by atomic mass is 79.9. The third-order valence-corrected chi connectivity index (χ3v) is 7.44. The van der Waals surface area contributed by atoms with Crippen LogP contribution in [0.4, 0.5) is 0 Å². The third kappa shape index (κ3) is 4.21. The Labute approximate surface area is 114 Å². The van der Waals surface area contributed by atoms with Crippen LogP contribution in [0.15, 0.2) is 0 Å². The first-order valence-electron chi connectivity index (χ1n) is 6.22. The summed E-state index contributed by atoms with van der Waals surface area (Å²) in [6.07, 6.45) is 1.11. The third-order valence-electron chi connectivity index (χ3n) is 3.49. The standard InChI is InChI=1S/C12H24BrNO2S/c1-10-9-14(6-5-11(10)13)7-8-17(15,16)12(2,3)4/h10-11H,5-9H2,1-4H3. The predicted octanol–water partition coefficient (Wildman–Crippen LogP) is 2.30. The lowest BCUT2D eigenvalue weighted by molar-refractivity contribution is 0.200. The van der Waals surface area contributed by atoms with Crippen molar-refractivity contribution in [2.24, 2.45) is 5.92 Å². The van der Waals surface area contributed by atoms with Crippen molar-refractivity contribution < 1.29 is 8.42 Å². The molecule has 0 aromatic rings. The van der Waals surface area contributed by atoms with Gasteiger partial charge in [0, 0.05) is 17.9 Å². The number of sulfone groups is 1. The predicted molar refractivity (Wildman–Crippen MR) is 76.5 cm³/mol. The van der Waals surface area contributed by atoms with Crippen LogP contribution in [0, 0.1) is 5.92 Å². The largest absolute Gasteiger partial charge is 0.302 e. The molecule has 1 fully saturated rings. The number of nitrogens with zero attached hydrogens (tertiary/aromatic N) is 1. The van der Waals surface area contributed by atoms with E-state index in [2.05, 4.69) is 27.8 Å². The smallest absolute Gasteiger partial charge is 0.156 e. The first-order valence-corrected chi connectivity index (χ1v) is 8.79. The topological polar surface area (TPSA) is 37.4 Å². The highest BCUT2D eigenvalue weighted by Gasteiger charge is 2.30. The fraction of sp³-hybridized carbons (Fsp3) is 1.00. The van der Waals surface area contributed by atoms with E-state index in [1.807, 2.05) is 0 Å². The van der Waals surface area contributed by atoms with E-state index in [0.717, 1.165) is 19.5 Å². The number of piperidine rings is 1. The second-order valence-electron chi connectivity index (χ2n) is 6.01. The molecule has 0 aliphatic carbocycles. The summed E-state index contributed by atoms with van der Waals surface area (Å²) in [7, 11) is -2.98. The van der Waals surface area contributed by atoms with Gasteiger partial charge in [-0.2, -0.15) is 0 Å². The Balaban J connectivity index is 2.47. The SMILES string of the molecule is CC1CN(CCS(=O)(=O)C(C)(C)C)CCC1Br. The van der Waals surface area contributed by atoms with Crippen LogP contribution in [0.3, 0.4) is 0 Å². The van der Waals surface area contributed by atoms with Crippen LogP contribution < -0.4 is 0 Å². The molecule has 1 rings (SSSR count). The molecule has 0 aromatic heterocycles. The zero-order valence-corrected chi connectivity index (χ0v) is 13.6. The van der Waals surface area contributed by atoms with E-state index >= 15 is 0 Å². The van der Waals surface area contributed by atoms with Crippen LogP contribution >= 0.6 is 15.9 Å². The molecule has 0 aromatic carbocycles. The maximum atomic E-state index is 12.0. The van der Waals surface area contributed by atoms with Gasteiger partial charge in [0.1, 0.15) is 0 Å². The van der Waals surface area contributed by atoms with Crippen LogP contribution in [0.2, 0.25) is 0 Å². The fourth-order valence-corrected chi connectivity index (χ4v) is 3.44. The molecule has 0 saturated carbocycles. The molecule has 0 radical (unpaired) electrons. The summed E-state index contributed by atoms with van der Waals surface area (Å²) >= 11 is 3.66. The van der Waals surface area contributed by atoms with Crippen molar-refractivity contribution in [2.75, 3.05) is 25.4 Å². The normalized spacial score (nSPS) is 28.3. The van der Waals surface area contributed by atoms with Gasteiger partial charge in [0.15, 0.2) is 9.84 Å². The Morgan fingerprint density at radius 2 is 1.94 bits per heavy atom. The van der Waals surface area contributed by atoms with E-state index in [0.29, 0.717) is 17.3 Å². The molecule has 2 atom stereocenters. The number of hydrogen-bond acceptors (Lipinski definition) is 3. The zero-order valence-electron chi connectivity index (χ0n) is 11.2. The van der Waals surface area contributed by atoms with Gasteiger partial charge in [-0.05, 0) is 39.7 Å². The minimum Gasteiger partial charge on any atom is -0.302 e. The van der Waals surface area contributed by atoms with Crippen LogP contribution in [0.1, 0.15) is 34.1 Å². The number of hydrogen-bond donors (Lipinski definition) is 0. The molecular weight excluding hydrogens is 302 g/mol. The van der Waals surface area contributed by atoms with Gasteiger partial charge in [-0.15, -0.1) is 0 Å². The summed E-state index contributed by atoms with van der Waals surface area (Å²) in [5, 5.41) is 0. The van der Waals surface area contributed by atoms with Crippen LogP contribution in [0.5, 0.6) is 0 Å². The lowest BCUT2D eigenvalue weighted by Crippen LogP contribution is -2.43. The highest BCUT2D eigenvalue weighted by Crippen LogP contribution is 2.23. The first-order chi connectivity index (χ1) is 7.63. The molecule has 0 bridgehead atoms. The van der Waals surface area contributed by atoms with Gasteiger partial charge < -0.3 is 4.90 Å². The average molecular weight is 326 g/mol. The number of likely N-dealkylation sites (tertiary alicyclic amines) is 1. The summed E-state index contributed by atoms with van der Waals surface area (Å²) in [6.45, 7) is 10.2. The first kappa shape index (κ1) is 15.4. The molecule has 1 aliphatic heterocycles. The van der Waals surface area contributed by atoms with Crippen LogP contribution in [0.25, 0.3) is 0 Å². The molecular formula is C12H24BrNO2S. The van der Waals surface area contributed by atoms with Crippen LogP contribution in [-0.2, 0) is 9.84 Å². The van der Waals surface area contributed by atoms with Crippen molar-refractivity contribution >= 4 is 25.8 Å². The number of alkyl halides is 1. The Morgan fingerprint density at radius 1 is 1.35 bits per heavy atom. The Kier molecular flexibility index (Phi) is 5.07. The second kappa shape index (κ2) is 5.57. The molecule has 1 aliphatic rings. The van der Waals surface area contributed by atoms with Gasteiger partial charge in [0.25, 0.3) is 0 Å². The molecule has 0 amide bonds. The average Bonchev–Trinajstić information content (AvgIpc) is 2.18. The molecule has 1 saturated heterocycles. The summed E-state index contributed by atoms with van der Waals surface area (Å²) < 4.78 is 23.4. The summed E-state index contributed by atoms with van der Waals surface area (Å²) in [5.41, 5.74) is 0. The highest BCUT2D eigenvalue weighted by molar-refractivity contribution is 9.09. The lowest BCUT2D eigenvalue weighted by atomic mass is 10.0. The van der Waals surface area contributed by atoms with Gasteiger partial charge in [0.05, 0.1) is 10.5 Å². The molecule has 1 heterocycles. The summed E-state index contributed by atoms with van der Waals surface area (Å²) in [5.74, 6) is 0.872. The monoisotopic (exact) mass is 325 g/mol.